The third-order valence-corrected chi connectivity index (χ3v) is 5.70. The van der Waals surface area contributed by atoms with Crippen molar-refractivity contribution in [3.05, 3.63) is 46.3 Å². The van der Waals surface area contributed by atoms with Gasteiger partial charge in [0.25, 0.3) is 0 Å². The van der Waals surface area contributed by atoms with Crippen LogP contribution in [0.4, 0.5) is 10.2 Å². The molecule has 3 aromatic rings. The highest BCUT2D eigenvalue weighted by atomic mass is 32.1. The summed E-state index contributed by atoms with van der Waals surface area (Å²) in [5, 5.41) is 4.18. The van der Waals surface area contributed by atoms with Crippen molar-refractivity contribution in [1.29, 1.82) is 0 Å². The van der Waals surface area contributed by atoms with Crippen LogP contribution in [0.2, 0.25) is 0 Å². The summed E-state index contributed by atoms with van der Waals surface area (Å²) in [4.78, 5) is 22.1. The van der Waals surface area contributed by atoms with Gasteiger partial charge in [-0.1, -0.05) is 12.1 Å². The third-order valence-electron chi connectivity index (χ3n) is 4.52. The van der Waals surface area contributed by atoms with E-state index in [1.807, 2.05) is 13.0 Å². The Kier molecular flexibility index (Phi) is 4.65. The number of anilines is 1. The Morgan fingerprint density at radius 3 is 3.11 bits per heavy atom. The first-order valence-corrected chi connectivity index (χ1v) is 9.50. The van der Waals surface area contributed by atoms with Crippen LogP contribution in [0.1, 0.15) is 40.2 Å². The minimum atomic E-state index is -0.372. The minimum absolute atomic E-state index is 0.145. The highest BCUT2D eigenvalue weighted by Crippen LogP contribution is 2.39. The molecule has 2 aromatic heterocycles. The molecule has 8 heteroatoms. The van der Waals surface area contributed by atoms with Crippen molar-refractivity contribution in [1.82, 2.24) is 9.97 Å². The zero-order valence-electron chi connectivity index (χ0n) is 14.9. The number of halogens is 1. The lowest BCUT2D eigenvalue weighted by Crippen LogP contribution is -2.21. The lowest BCUT2D eigenvalue weighted by molar-refractivity contribution is 0.0531. The molecule has 0 amide bonds. The van der Waals surface area contributed by atoms with Crippen LogP contribution in [0, 0.1) is 12.7 Å². The van der Waals surface area contributed by atoms with E-state index < -0.39 is 0 Å². The second-order valence-corrected chi connectivity index (χ2v) is 7.17. The zero-order valence-corrected chi connectivity index (χ0v) is 15.7. The second kappa shape index (κ2) is 7.11. The van der Waals surface area contributed by atoms with E-state index in [0.29, 0.717) is 35.2 Å². The summed E-state index contributed by atoms with van der Waals surface area (Å²) in [6.07, 6.45) is 2.14. The number of para-hydroxylation sites is 1. The molecular weight excluding hydrogens is 369 g/mol. The van der Waals surface area contributed by atoms with Crippen molar-refractivity contribution in [2.45, 2.75) is 26.3 Å². The lowest BCUT2D eigenvalue weighted by atomic mass is 10.00. The number of hydrogen-bond acceptors (Lipinski definition) is 7. The highest BCUT2D eigenvalue weighted by molar-refractivity contribution is 7.20. The van der Waals surface area contributed by atoms with Gasteiger partial charge < -0.3 is 14.8 Å². The second-order valence-electron chi connectivity index (χ2n) is 6.17. The fraction of sp³-hybridized carbons (Fsp3) is 0.316. The predicted octanol–water partition coefficient (Wildman–Crippen LogP) is 4.25. The SMILES string of the molecule is CCOC(=O)c1sc2ncnc(N[C@H]3CCOc4c(F)cccc43)c2c1C. The van der Waals surface area contributed by atoms with Gasteiger partial charge in [-0.15, -0.1) is 11.3 Å². The first-order chi connectivity index (χ1) is 13.1. The molecular formula is C19H18FN3O3S. The Balaban J connectivity index is 1.74. The number of fused-ring (bicyclic) bond motifs is 2. The van der Waals surface area contributed by atoms with Gasteiger partial charge in [0, 0.05) is 12.0 Å². The van der Waals surface area contributed by atoms with Gasteiger partial charge in [0.05, 0.1) is 24.6 Å². The molecule has 1 N–H and O–H groups in total. The Morgan fingerprint density at radius 2 is 2.30 bits per heavy atom. The number of aryl methyl sites for hydroxylation is 1. The number of nitrogens with zero attached hydrogens (tertiary/aromatic N) is 2. The molecule has 1 aliphatic rings. The monoisotopic (exact) mass is 387 g/mol. The number of carbonyl (C=O) groups is 1. The Labute approximate surface area is 159 Å². The summed E-state index contributed by atoms with van der Waals surface area (Å²) in [6, 6.07) is 4.76. The number of benzene rings is 1. The molecule has 0 radical (unpaired) electrons. The Bertz CT molecular complexity index is 1020. The standard InChI is InChI=1S/C19H18FN3O3S/c1-3-25-19(24)16-10(2)14-17(21-9-22-18(14)27-16)23-13-7-8-26-15-11(13)5-4-6-12(15)20/h4-6,9,13H,3,7-8H2,1-2H3,(H,21,22,23)/t13-/m0/s1. The van der Waals surface area contributed by atoms with E-state index in [4.69, 9.17) is 9.47 Å². The molecule has 0 saturated heterocycles. The molecule has 4 rings (SSSR count). The van der Waals surface area contributed by atoms with Crippen LogP contribution in [0.5, 0.6) is 5.75 Å². The summed E-state index contributed by atoms with van der Waals surface area (Å²) < 4.78 is 24.7. The number of hydrogen-bond donors (Lipinski definition) is 1. The van der Waals surface area contributed by atoms with Crippen molar-refractivity contribution in [2.24, 2.45) is 0 Å². The van der Waals surface area contributed by atoms with Crippen molar-refractivity contribution < 1.29 is 18.7 Å². The summed E-state index contributed by atoms with van der Waals surface area (Å²) >= 11 is 1.29. The number of carbonyl (C=O) groups excluding carboxylic acids is 1. The van der Waals surface area contributed by atoms with E-state index in [-0.39, 0.29) is 23.6 Å². The lowest BCUT2D eigenvalue weighted by Gasteiger charge is -2.27. The van der Waals surface area contributed by atoms with Crippen molar-refractivity contribution in [3.8, 4) is 5.75 Å². The Morgan fingerprint density at radius 1 is 1.44 bits per heavy atom. The molecule has 140 valence electrons. The van der Waals surface area contributed by atoms with Gasteiger partial charge in [0.15, 0.2) is 11.6 Å². The van der Waals surface area contributed by atoms with Crippen LogP contribution in [-0.4, -0.2) is 29.2 Å². The van der Waals surface area contributed by atoms with Crippen LogP contribution in [0.3, 0.4) is 0 Å². The maximum Gasteiger partial charge on any atom is 0.348 e. The van der Waals surface area contributed by atoms with Crippen LogP contribution < -0.4 is 10.1 Å². The zero-order chi connectivity index (χ0) is 19.0. The molecule has 1 aliphatic heterocycles. The normalized spacial score (nSPS) is 15.9. The van der Waals surface area contributed by atoms with Gasteiger partial charge in [-0.2, -0.15) is 0 Å². The molecule has 1 atom stereocenters. The van der Waals surface area contributed by atoms with Crippen LogP contribution in [0.15, 0.2) is 24.5 Å². The number of aromatic nitrogens is 2. The number of rotatable bonds is 4. The first kappa shape index (κ1) is 17.7. The summed E-state index contributed by atoms with van der Waals surface area (Å²) in [7, 11) is 0. The van der Waals surface area contributed by atoms with E-state index in [0.717, 1.165) is 16.5 Å². The van der Waals surface area contributed by atoms with Gasteiger partial charge in [-0.25, -0.2) is 19.2 Å². The van der Waals surface area contributed by atoms with E-state index in [1.54, 1.807) is 13.0 Å². The van der Waals surface area contributed by atoms with Crippen LogP contribution >= 0.6 is 11.3 Å². The van der Waals surface area contributed by atoms with Crippen molar-refractivity contribution >= 4 is 33.3 Å². The molecule has 0 unspecified atom stereocenters. The quantitative estimate of drug-likeness (QED) is 0.675. The summed E-state index contributed by atoms with van der Waals surface area (Å²) in [5.41, 5.74) is 1.54. The van der Waals surface area contributed by atoms with E-state index >= 15 is 0 Å². The smallest absolute Gasteiger partial charge is 0.348 e. The molecule has 3 heterocycles. The van der Waals surface area contributed by atoms with Crippen LogP contribution in [0.25, 0.3) is 10.2 Å². The maximum atomic E-state index is 14.0. The summed E-state index contributed by atoms with van der Waals surface area (Å²) in [5.74, 6) is 0.165. The molecule has 6 nitrogen and oxygen atoms in total. The van der Waals surface area contributed by atoms with Gasteiger partial charge in [0.2, 0.25) is 0 Å². The number of nitrogens with one attached hydrogen (secondary N) is 1. The topological polar surface area (TPSA) is 73.3 Å². The van der Waals surface area contributed by atoms with Gasteiger partial charge in [-0.05, 0) is 25.5 Å². The van der Waals surface area contributed by atoms with Crippen molar-refractivity contribution in [3.63, 3.8) is 0 Å². The Hall–Kier alpha value is -2.74. The maximum absolute atomic E-state index is 14.0. The fourth-order valence-corrected chi connectivity index (χ4v) is 4.32. The molecule has 1 aromatic carbocycles. The van der Waals surface area contributed by atoms with Crippen molar-refractivity contribution in [2.75, 3.05) is 18.5 Å². The molecule has 0 saturated carbocycles. The molecule has 0 bridgehead atoms. The molecule has 27 heavy (non-hydrogen) atoms. The molecule has 0 spiro atoms. The number of esters is 1. The van der Waals surface area contributed by atoms with Gasteiger partial charge >= 0.3 is 5.97 Å². The van der Waals surface area contributed by atoms with E-state index in [9.17, 15) is 9.18 Å². The first-order valence-electron chi connectivity index (χ1n) is 8.69. The van der Waals surface area contributed by atoms with E-state index in [2.05, 4.69) is 15.3 Å². The highest BCUT2D eigenvalue weighted by Gasteiger charge is 2.26. The minimum Gasteiger partial charge on any atom is -0.490 e. The third kappa shape index (κ3) is 3.10. The number of ether oxygens (including phenoxy) is 2. The average Bonchev–Trinajstić information content (AvgIpc) is 3.01. The average molecular weight is 387 g/mol. The van der Waals surface area contributed by atoms with Gasteiger partial charge in [0.1, 0.15) is 21.9 Å². The number of thiophene rings is 1. The fourth-order valence-electron chi connectivity index (χ4n) is 3.27. The molecule has 0 aliphatic carbocycles. The van der Waals surface area contributed by atoms with Gasteiger partial charge in [-0.3, -0.25) is 0 Å². The summed E-state index contributed by atoms with van der Waals surface area (Å²) in [6.45, 7) is 4.36. The molecule has 0 fully saturated rings. The van der Waals surface area contributed by atoms with E-state index in [1.165, 1.54) is 23.7 Å². The van der Waals surface area contributed by atoms with Crippen LogP contribution in [-0.2, 0) is 4.74 Å². The predicted molar refractivity (Wildman–Crippen MR) is 101 cm³/mol. The largest absolute Gasteiger partial charge is 0.490 e.